The van der Waals surface area contributed by atoms with Crippen LogP contribution in [-0.4, -0.2) is 97.5 Å². The molecule has 114 valence electrons. The van der Waals surface area contributed by atoms with Gasteiger partial charge in [0.25, 0.3) is 0 Å². The van der Waals surface area contributed by atoms with Crippen LogP contribution in [0.25, 0.3) is 0 Å². The first-order valence-electron chi connectivity index (χ1n) is 8.06. The van der Waals surface area contributed by atoms with Crippen molar-refractivity contribution in [3.8, 4) is 0 Å². The SMILES string of the molecule is CC12CN3CCN(CC(C3)[C@@]1(O)CN1CCOCC1)C2. The van der Waals surface area contributed by atoms with E-state index >= 15 is 0 Å². The number of ether oxygens (including phenoxy) is 1. The summed E-state index contributed by atoms with van der Waals surface area (Å²) in [5.74, 6) is 0.403. The van der Waals surface area contributed by atoms with Crippen LogP contribution in [0.2, 0.25) is 0 Å². The third-order valence-corrected chi connectivity index (χ3v) is 6.12. The van der Waals surface area contributed by atoms with E-state index in [4.69, 9.17) is 4.74 Å². The van der Waals surface area contributed by atoms with Crippen LogP contribution < -0.4 is 0 Å². The summed E-state index contributed by atoms with van der Waals surface area (Å²) in [5.41, 5.74) is -0.509. The first-order chi connectivity index (χ1) is 9.59. The molecule has 0 aliphatic carbocycles. The Hall–Kier alpha value is -0.200. The molecule has 5 aliphatic rings. The van der Waals surface area contributed by atoms with Crippen molar-refractivity contribution in [3.63, 3.8) is 0 Å². The number of aliphatic hydroxyl groups is 1. The Morgan fingerprint density at radius 3 is 2.20 bits per heavy atom. The highest BCUT2D eigenvalue weighted by Crippen LogP contribution is 2.48. The molecule has 5 saturated heterocycles. The van der Waals surface area contributed by atoms with Crippen LogP contribution in [0.4, 0.5) is 0 Å². The molecule has 5 heteroatoms. The normalized spacial score (nSPS) is 52.2. The Morgan fingerprint density at radius 1 is 1.05 bits per heavy atom. The van der Waals surface area contributed by atoms with Crippen LogP contribution in [0.1, 0.15) is 6.92 Å². The third-order valence-electron chi connectivity index (χ3n) is 6.12. The van der Waals surface area contributed by atoms with Crippen molar-refractivity contribution in [2.75, 3.05) is 72.1 Å². The van der Waals surface area contributed by atoms with Crippen LogP contribution >= 0.6 is 0 Å². The van der Waals surface area contributed by atoms with Gasteiger partial charge >= 0.3 is 0 Å². The molecule has 3 atom stereocenters. The second-order valence-corrected chi connectivity index (χ2v) is 7.54. The maximum atomic E-state index is 11.6. The predicted molar refractivity (Wildman–Crippen MR) is 76.7 cm³/mol. The maximum Gasteiger partial charge on any atom is 0.0904 e. The molecule has 0 spiro atoms. The van der Waals surface area contributed by atoms with Crippen molar-refractivity contribution < 1.29 is 9.84 Å². The number of fused-ring (bicyclic) bond motifs is 1. The minimum atomic E-state index is -0.526. The van der Waals surface area contributed by atoms with E-state index in [9.17, 15) is 5.11 Å². The molecular formula is C15H27N3O2. The van der Waals surface area contributed by atoms with Gasteiger partial charge in [0, 0.05) is 70.2 Å². The Kier molecular flexibility index (Phi) is 3.13. The molecule has 0 aromatic rings. The number of β-amino-alcohol motifs (C(OH)–C–C–N with tert-alkyl or cyclic N) is 1. The number of nitrogens with zero attached hydrogens (tertiary/aromatic N) is 3. The van der Waals surface area contributed by atoms with Gasteiger partial charge in [-0.3, -0.25) is 4.90 Å². The van der Waals surface area contributed by atoms with Crippen LogP contribution in [0, 0.1) is 11.3 Å². The van der Waals surface area contributed by atoms with Crippen LogP contribution in [0.5, 0.6) is 0 Å². The zero-order valence-electron chi connectivity index (χ0n) is 12.6. The quantitative estimate of drug-likeness (QED) is 0.726. The summed E-state index contributed by atoms with van der Waals surface area (Å²) in [7, 11) is 0. The standard InChI is InChI=1S/C15H27N3O2/c1-14-10-17-2-3-18(11-14)9-13(8-17)15(14,19)12-16-4-6-20-7-5-16/h13,19H,2-12H2,1H3/t13?,14?,15-/m0/s1. The maximum absolute atomic E-state index is 11.6. The molecule has 5 heterocycles. The van der Waals surface area contributed by atoms with Gasteiger partial charge in [0.05, 0.1) is 18.8 Å². The van der Waals surface area contributed by atoms with Crippen molar-refractivity contribution in [1.29, 1.82) is 0 Å². The summed E-state index contributed by atoms with van der Waals surface area (Å²) >= 11 is 0. The van der Waals surface area contributed by atoms with E-state index in [0.717, 1.165) is 59.0 Å². The number of morpholine rings is 1. The van der Waals surface area contributed by atoms with E-state index < -0.39 is 5.60 Å². The molecule has 0 aromatic carbocycles. The molecule has 5 rings (SSSR count). The van der Waals surface area contributed by atoms with Crippen molar-refractivity contribution in [2.24, 2.45) is 11.3 Å². The van der Waals surface area contributed by atoms with E-state index in [0.29, 0.717) is 5.92 Å². The summed E-state index contributed by atoms with van der Waals surface area (Å²) in [6.07, 6.45) is 0. The largest absolute Gasteiger partial charge is 0.387 e. The second-order valence-electron chi connectivity index (χ2n) is 7.54. The van der Waals surface area contributed by atoms with Gasteiger partial charge in [0.1, 0.15) is 0 Å². The summed E-state index contributed by atoms with van der Waals surface area (Å²) in [5, 5.41) is 11.6. The number of piperidine rings is 2. The van der Waals surface area contributed by atoms with E-state index in [1.165, 1.54) is 13.1 Å². The molecule has 0 aromatic heterocycles. The van der Waals surface area contributed by atoms with E-state index in [1.807, 2.05) is 0 Å². The summed E-state index contributed by atoms with van der Waals surface area (Å²) in [4.78, 5) is 7.56. The minimum absolute atomic E-state index is 0.0168. The highest BCUT2D eigenvalue weighted by Gasteiger charge is 2.61. The number of hydrogen-bond acceptors (Lipinski definition) is 5. The third kappa shape index (κ3) is 1.95. The molecule has 0 saturated carbocycles. The molecule has 0 amide bonds. The first-order valence-corrected chi connectivity index (χ1v) is 8.06. The van der Waals surface area contributed by atoms with Gasteiger partial charge in [-0.2, -0.15) is 0 Å². The molecule has 20 heavy (non-hydrogen) atoms. The molecular weight excluding hydrogens is 254 g/mol. The lowest BCUT2D eigenvalue weighted by molar-refractivity contribution is -0.203. The van der Waals surface area contributed by atoms with E-state index in [2.05, 4.69) is 21.6 Å². The van der Waals surface area contributed by atoms with Gasteiger partial charge in [0.2, 0.25) is 0 Å². The Morgan fingerprint density at radius 2 is 1.65 bits per heavy atom. The molecule has 0 radical (unpaired) electrons. The molecule has 1 N–H and O–H groups in total. The Labute approximate surface area is 121 Å². The van der Waals surface area contributed by atoms with Crippen molar-refractivity contribution >= 4 is 0 Å². The van der Waals surface area contributed by atoms with Crippen LogP contribution in [0.15, 0.2) is 0 Å². The number of rotatable bonds is 2. The molecule has 5 fully saturated rings. The van der Waals surface area contributed by atoms with Crippen molar-refractivity contribution in [3.05, 3.63) is 0 Å². The van der Waals surface area contributed by atoms with Crippen molar-refractivity contribution in [1.82, 2.24) is 14.7 Å². The van der Waals surface area contributed by atoms with Crippen molar-refractivity contribution in [2.45, 2.75) is 12.5 Å². The van der Waals surface area contributed by atoms with Gasteiger partial charge in [-0.15, -0.1) is 0 Å². The highest BCUT2D eigenvalue weighted by molar-refractivity contribution is 5.13. The average Bonchev–Trinajstić information content (AvgIpc) is 2.66. The van der Waals surface area contributed by atoms with E-state index in [-0.39, 0.29) is 5.41 Å². The average molecular weight is 281 g/mol. The fraction of sp³-hybridized carbons (Fsp3) is 1.00. The monoisotopic (exact) mass is 281 g/mol. The zero-order valence-corrected chi connectivity index (χ0v) is 12.6. The minimum Gasteiger partial charge on any atom is -0.387 e. The summed E-state index contributed by atoms with van der Waals surface area (Å²) in [6.45, 7) is 13.3. The zero-order chi connectivity index (χ0) is 13.8. The van der Waals surface area contributed by atoms with Gasteiger partial charge < -0.3 is 19.6 Å². The predicted octanol–water partition coefficient (Wildman–Crippen LogP) is -0.683. The van der Waals surface area contributed by atoms with Gasteiger partial charge in [0.15, 0.2) is 0 Å². The lowest BCUT2D eigenvalue weighted by Crippen LogP contribution is -2.73. The topological polar surface area (TPSA) is 39.2 Å². The fourth-order valence-electron chi connectivity index (χ4n) is 4.96. The van der Waals surface area contributed by atoms with Gasteiger partial charge in [-0.25, -0.2) is 0 Å². The molecule has 5 aliphatic heterocycles. The second kappa shape index (κ2) is 4.65. The van der Waals surface area contributed by atoms with Gasteiger partial charge in [-0.1, -0.05) is 6.92 Å². The summed E-state index contributed by atoms with van der Waals surface area (Å²) in [6, 6.07) is 0. The Bertz CT molecular complexity index is 369. The van der Waals surface area contributed by atoms with Crippen LogP contribution in [0.3, 0.4) is 0 Å². The molecule has 2 unspecified atom stereocenters. The van der Waals surface area contributed by atoms with E-state index in [1.54, 1.807) is 0 Å². The Balaban J connectivity index is 1.59. The smallest absolute Gasteiger partial charge is 0.0904 e. The highest BCUT2D eigenvalue weighted by atomic mass is 16.5. The lowest BCUT2D eigenvalue weighted by Gasteiger charge is -2.60. The summed E-state index contributed by atoms with van der Waals surface area (Å²) < 4.78 is 5.45. The first kappa shape index (κ1) is 13.5. The fourth-order valence-corrected chi connectivity index (χ4v) is 4.96. The molecule has 4 bridgehead atoms. The lowest BCUT2D eigenvalue weighted by atomic mass is 9.61. The van der Waals surface area contributed by atoms with Crippen LogP contribution in [-0.2, 0) is 4.74 Å². The van der Waals surface area contributed by atoms with Gasteiger partial charge in [-0.05, 0) is 0 Å². The number of hydrogen-bond donors (Lipinski definition) is 1. The molecule has 5 nitrogen and oxygen atoms in total.